The summed E-state index contributed by atoms with van der Waals surface area (Å²) in [5.74, 6) is 1.89. The van der Waals surface area contributed by atoms with Gasteiger partial charge in [-0.15, -0.1) is 0 Å². The van der Waals surface area contributed by atoms with Gasteiger partial charge in [0.05, 0.1) is 41.4 Å². The summed E-state index contributed by atoms with van der Waals surface area (Å²) in [5.41, 5.74) is 3.24. The number of fused-ring (bicyclic) bond motifs is 2. The molecule has 11 heteroatoms. The number of aromatic nitrogens is 4. The van der Waals surface area contributed by atoms with Gasteiger partial charge < -0.3 is 19.9 Å². The molecule has 1 N–H and O–H groups in total. The molecule has 5 aromatic rings. The van der Waals surface area contributed by atoms with Gasteiger partial charge in [0.2, 0.25) is 0 Å². The molecule has 43 heavy (non-hydrogen) atoms. The zero-order valence-corrected chi connectivity index (χ0v) is 25.0. The van der Waals surface area contributed by atoms with E-state index in [1.165, 1.54) is 6.33 Å². The van der Waals surface area contributed by atoms with E-state index in [1.54, 1.807) is 41.8 Å². The lowest BCUT2D eigenvalue weighted by molar-refractivity contribution is 0.0781. The van der Waals surface area contributed by atoms with E-state index < -0.39 is 6.04 Å². The molecule has 1 unspecified atom stereocenters. The van der Waals surface area contributed by atoms with Gasteiger partial charge in [0.25, 0.3) is 11.5 Å². The van der Waals surface area contributed by atoms with Crippen molar-refractivity contribution >= 4 is 40.0 Å². The zero-order valence-electron chi connectivity index (χ0n) is 24.2. The lowest BCUT2D eigenvalue weighted by Gasteiger charge is -2.36. The molecule has 0 saturated heterocycles. The molecule has 0 bridgehead atoms. The summed E-state index contributed by atoms with van der Waals surface area (Å²) in [4.78, 5) is 45.0. The first kappa shape index (κ1) is 28.2. The fraction of sp³-hybridized carbons (Fsp3) is 0.219. The van der Waals surface area contributed by atoms with E-state index >= 15 is 0 Å². The molecule has 0 saturated carbocycles. The lowest BCUT2D eigenvalue weighted by Crippen LogP contribution is -2.45. The van der Waals surface area contributed by atoms with Crippen molar-refractivity contribution in [3.05, 3.63) is 111 Å². The molecule has 10 nitrogen and oxygen atoms in total. The summed E-state index contributed by atoms with van der Waals surface area (Å²) in [6, 6.07) is 20.1. The Labute approximate surface area is 253 Å². The molecular formula is C32H30ClN7O3. The van der Waals surface area contributed by atoms with Crippen LogP contribution in [0.4, 0.5) is 11.6 Å². The first-order valence-electron chi connectivity index (χ1n) is 13.8. The average molecular weight is 596 g/mol. The molecule has 1 aliphatic heterocycles. The Morgan fingerprint density at radius 2 is 1.81 bits per heavy atom. The van der Waals surface area contributed by atoms with Crippen molar-refractivity contribution in [1.29, 1.82) is 0 Å². The van der Waals surface area contributed by atoms with Crippen LogP contribution in [0.15, 0.2) is 77.9 Å². The van der Waals surface area contributed by atoms with E-state index in [2.05, 4.69) is 15.3 Å². The number of hydrogen-bond acceptors (Lipinski definition) is 8. The highest BCUT2D eigenvalue weighted by atomic mass is 35.5. The highest BCUT2D eigenvalue weighted by molar-refractivity contribution is 6.35. The van der Waals surface area contributed by atoms with Gasteiger partial charge in [-0.2, -0.15) is 0 Å². The second-order valence-electron chi connectivity index (χ2n) is 10.6. The van der Waals surface area contributed by atoms with Gasteiger partial charge in [-0.25, -0.2) is 15.0 Å². The number of methoxy groups -OCH3 is 1. The zero-order chi connectivity index (χ0) is 30.2. The Balaban J connectivity index is 1.42. The largest absolute Gasteiger partial charge is 0.497 e. The number of amides is 1. The van der Waals surface area contributed by atoms with Crippen LogP contribution < -0.4 is 20.5 Å². The minimum absolute atomic E-state index is 0.203. The minimum atomic E-state index is -0.536. The average Bonchev–Trinajstić information content (AvgIpc) is 3.00. The number of aryl methyl sites for hydroxylation is 1. The van der Waals surface area contributed by atoms with Crippen molar-refractivity contribution in [2.75, 3.05) is 31.0 Å². The number of rotatable bonds is 7. The van der Waals surface area contributed by atoms with Crippen LogP contribution in [0.2, 0.25) is 5.02 Å². The first-order chi connectivity index (χ1) is 20.7. The summed E-state index contributed by atoms with van der Waals surface area (Å²) in [6.07, 6.45) is 1.44. The Bertz CT molecular complexity index is 1910. The molecule has 2 aromatic heterocycles. The maximum Gasteiger partial charge on any atom is 0.267 e. The van der Waals surface area contributed by atoms with E-state index in [1.807, 2.05) is 67.3 Å². The molecule has 1 atom stereocenters. The Morgan fingerprint density at radius 1 is 1.05 bits per heavy atom. The molecule has 0 fully saturated rings. The molecular weight excluding hydrogens is 566 g/mol. The van der Waals surface area contributed by atoms with Crippen molar-refractivity contribution in [3.63, 3.8) is 0 Å². The second kappa shape index (κ2) is 11.4. The number of anilines is 2. The summed E-state index contributed by atoms with van der Waals surface area (Å²) >= 11 is 6.47. The fourth-order valence-corrected chi connectivity index (χ4v) is 5.61. The summed E-state index contributed by atoms with van der Waals surface area (Å²) in [6.45, 7) is 4.74. The number of hydrogen-bond donors (Lipinski definition) is 1. The monoisotopic (exact) mass is 595 g/mol. The highest BCUT2D eigenvalue weighted by Gasteiger charge is 2.33. The van der Waals surface area contributed by atoms with Crippen LogP contribution in [0.5, 0.6) is 5.75 Å². The van der Waals surface area contributed by atoms with Gasteiger partial charge in [0.15, 0.2) is 0 Å². The summed E-state index contributed by atoms with van der Waals surface area (Å²) in [7, 11) is 3.38. The Kier molecular flexibility index (Phi) is 7.45. The molecule has 1 amide bonds. The number of carbonyl (C=O) groups excluding carboxylic acids is 1. The predicted octanol–water partition coefficient (Wildman–Crippen LogP) is 5.37. The van der Waals surface area contributed by atoms with Crippen LogP contribution in [-0.2, 0) is 6.54 Å². The van der Waals surface area contributed by atoms with Crippen molar-refractivity contribution in [3.8, 4) is 11.4 Å². The van der Waals surface area contributed by atoms with Gasteiger partial charge in [-0.3, -0.25) is 14.2 Å². The smallest absolute Gasteiger partial charge is 0.267 e. The van der Waals surface area contributed by atoms with Crippen molar-refractivity contribution < 1.29 is 9.53 Å². The van der Waals surface area contributed by atoms with Crippen LogP contribution in [0.1, 0.15) is 40.3 Å². The standard InChI is InChI=1S/C32H30ClN7O3/c1-19-7-5-8-22(15-19)40-29(37-25-10-6-9-24(33)26(25)32(40)42)20(2)36-28-27-30(35-17-34-28)39(18-38(3)31(27)41)16-21-11-13-23(43-4)14-12-21/h5-15,17,20H,16,18H2,1-4H3,(H,34,35,36). The first-order valence-corrected chi connectivity index (χ1v) is 14.2. The van der Waals surface area contributed by atoms with Gasteiger partial charge in [0.1, 0.15) is 35.1 Å². The SMILES string of the molecule is COc1ccc(CN2CN(C)C(=O)c3c(NC(C)c4nc5cccc(Cl)c5c(=O)n4-c4cccc(C)c4)ncnc32)cc1. The van der Waals surface area contributed by atoms with Crippen LogP contribution >= 0.6 is 11.6 Å². The van der Waals surface area contributed by atoms with Crippen molar-refractivity contribution in [2.24, 2.45) is 0 Å². The van der Waals surface area contributed by atoms with E-state index in [0.717, 1.165) is 16.9 Å². The van der Waals surface area contributed by atoms with E-state index in [4.69, 9.17) is 21.3 Å². The number of ether oxygens (including phenoxy) is 1. The van der Waals surface area contributed by atoms with Crippen LogP contribution in [0, 0.1) is 6.92 Å². The number of nitrogens with zero attached hydrogens (tertiary/aromatic N) is 6. The van der Waals surface area contributed by atoms with E-state index in [-0.39, 0.29) is 11.5 Å². The lowest BCUT2D eigenvalue weighted by atomic mass is 10.1. The highest BCUT2D eigenvalue weighted by Crippen LogP contribution is 2.33. The van der Waals surface area contributed by atoms with Gasteiger partial charge in [-0.1, -0.05) is 41.9 Å². The Hall–Kier alpha value is -4.96. The van der Waals surface area contributed by atoms with Gasteiger partial charge in [-0.05, 0) is 61.4 Å². The van der Waals surface area contributed by atoms with Crippen LogP contribution in [0.25, 0.3) is 16.6 Å². The van der Waals surface area contributed by atoms with Gasteiger partial charge >= 0.3 is 0 Å². The third-order valence-electron chi connectivity index (χ3n) is 7.48. The molecule has 3 heterocycles. The van der Waals surface area contributed by atoms with Crippen molar-refractivity contribution in [2.45, 2.75) is 26.4 Å². The maximum absolute atomic E-state index is 13.9. The van der Waals surface area contributed by atoms with Crippen LogP contribution in [0.3, 0.4) is 0 Å². The van der Waals surface area contributed by atoms with Crippen LogP contribution in [-0.4, -0.2) is 51.2 Å². The molecule has 3 aromatic carbocycles. The second-order valence-corrected chi connectivity index (χ2v) is 11.0. The van der Waals surface area contributed by atoms with Crippen molar-refractivity contribution in [1.82, 2.24) is 24.4 Å². The molecule has 6 rings (SSSR count). The quantitative estimate of drug-likeness (QED) is 0.268. The summed E-state index contributed by atoms with van der Waals surface area (Å²) < 4.78 is 6.85. The topological polar surface area (TPSA) is 105 Å². The van der Waals surface area contributed by atoms with E-state index in [0.29, 0.717) is 57.8 Å². The maximum atomic E-state index is 13.9. The third kappa shape index (κ3) is 5.25. The predicted molar refractivity (Wildman–Crippen MR) is 167 cm³/mol. The number of halogens is 1. The number of benzene rings is 3. The normalized spacial score (nSPS) is 13.7. The Morgan fingerprint density at radius 3 is 2.56 bits per heavy atom. The van der Waals surface area contributed by atoms with Gasteiger partial charge in [0, 0.05) is 13.6 Å². The number of nitrogens with one attached hydrogen (secondary N) is 1. The molecule has 0 spiro atoms. The molecule has 0 aliphatic carbocycles. The fourth-order valence-electron chi connectivity index (χ4n) is 5.36. The summed E-state index contributed by atoms with van der Waals surface area (Å²) in [5, 5.41) is 4.04. The van der Waals surface area contributed by atoms with E-state index in [9.17, 15) is 9.59 Å². The molecule has 0 radical (unpaired) electrons. The molecule has 218 valence electrons. The third-order valence-corrected chi connectivity index (χ3v) is 7.79. The number of carbonyl (C=O) groups is 1. The minimum Gasteiger partial charge on any atom is -0.497 e. The molecule has 1 aliphatic rings.